The maximum Gasteiger partial charge on any atom is 0.0502 e. The molecule has 0 aliphatic carbocycles. The molecule has 0 N–H and O–H groups in total. The molecule has 0 saturated heterocycles. The summed E-state index contributed by atoms with van der Waals surface area (Å²) in [7, 11) is 0. The lowest BCUT2D eigenvalue weighted by molar-refractivity contribution is 0.588. The fourth-order valence-electron chi connectivity index (χ4n) is 8.77. The van der Waals surface area contributed by atoms with Crippen molar-refractivity contribution in [1.82, 2.24) is 0 Å². The van der Waals surface area contributed by atoms with Crippen molar-refractivity contribution in [2.24, 2.45) is 0 Å². The highest BCUT2D eigenvalue weighted by Crippen LogP contribution is 2.52. The Morgan fingerprint density at radius 2 is 1.26 bits per heavy atom. The maximum absolute atomic E-state index is 4.57. The first-order valence-electron chi connectivity index (χ1n) is 20.4. The van der Waals surface area contributed by atoms with Crippen LogP contribution in [0.3, 0.4) is 0 Å². The molecule has 0 amide bonds. The van der Waals surface area contributed by atoms with Gasteiger partial charge < -0.3 is 9.80 Å². The topological polar surface area (TPSA) is 6.48 Å². The number of aryl methyl sites for hydroxylation is 1. The Kier molecular flexibility index (Phi) is 10.2. The van der Waals surface area contributed by atoms with Crippen LogP contribution in [-0.4, -0.2) is 6.54 Å². The van der Waals surface area contributed by atoms with Crippen molar-refractivity contribution in [3.63, 3.8) is 0 Å². The summed E-state index contributed by atoms with van der Waals surface area (Å²) >= 11 is 0. The number of hydrogen-bond acceptors (Lipinski definition) is 2. The average molecular weight is 743 g/mol. The second-order valence-electron chi connectivity index (χ2n) is 17.0. The predicted octanol–water partition coefficient (Wildman–Crippen LogP) is 14.9. The number of para-hydroxylation sites is 3. The van der Waals surface area contributed by atoms with Crippen molar-refractivity contribution in [3.05, 3.63) is 209 Å². The Labute approximate surface area is 340 Å². The molecule has 8 rings (SSSR count). The Balaban J connectivity index is 1.04. The van der Waals surface area contributed by atoms with Crippen LogP contribution in [0.1, 0.15) is 86.9 Å². The fraction of sp³-hybridized carbons (Fsp3) is 0.200. The second-order valence-corrected chi connectivity index (χ2v) is 17.0. The van der Waals surface area contributed by atoms with E-state index in [9.17, 15) is 0 Å². The summed E-state index contributed by atoms with van der Waals surface area (Å²) in [6, 6.07) is 51.1. The van der Waals surface area contributed by atoms with Crippen LogP contribution in [0, 0.1) is 0 Å². The third-order valence-electron chi connectivity index (χ3n) is 11.8. The van der Waals surface area contributed by atoms with Crippen LogP contribution < -0.4 is 9.80 Å². The highest BCUT2D eigenvalue weighted by atomic mass is 15.2. The SMILES string of the molecule is C=C(/C=C\C(=C/C)N1CCCc2ccccc21)c1ccc(/C=C/c2cccc(-c3cccc(N4c5ccccc5C(C)(C)c5ccccc54)c3)c2)cc1C(C)(C)C. The van der Waals surface area contributed by atoms with E-state index in [0.29, 0.717) is 0 Å². The van der Waals surface area contributed by atoms with Crippen molar-refractivity contribution < 1.29 is 0 Å². The van der Waals surface area contributed by atoms with Gasteiger partial charge in [-0.1, -0.05) is 169 Å². The van der Waals surface area contributed by atoms with Gasteiger partial charge in [0.2, 0.25) is 0 Å². The van der Waals surface area contributed by atoms with Crippen molar-refractivity contribution in [2.75, 3.05) is 16.3 Å². The summed E-state index contributed by atoms with van der Waals surface area (Å²) in [5, 5.41) is 0. The highest BCUT2D eigenvalue weighted by molar-refractivity contribution is 5.87. The van der Waals surface area contributed by atoms with E-state index in [0.717, 1.165) is 30.6 Å². The third kappa shape index (κ3) is 7.45. The largest absolute Gasteiger partial charge is 0.342 e. The lowest BCUT2D eigenvalue weighted by Gasteiger charge is -2.42. The summed E-state index contributed by atoms with van der Waals surface area (Å²) in [5.41, 5.74) is 18.4. The highest BCUT2D eigenvalue weighted by Gasteiger charge is 2.36. The predicted molar refractivity (Wildman–Crippen MR) is 247 cm³/mol. The van der Waals surface area contributed by atoms with Gasteiger partial charge in [-0.05, 0) is 123 Å². The Morgan fingerprint density at radius 1 is 0.649 bits per heavy atom. The van der Waals surface area contributed by atoms with Crippen molar-refractivity contribution >= 4 is 40.5 Å². The van der Waals surface area contributed by atoms with Crippen LogP contribution in [0.2, 0.25) is 0 Å². The first kappa shape index (κ1) is 37.8. The third-order valence-corrected chi connectivity index (χ3v) is 11.8. The summed E-state index contributed by atoms with van der Waals surface area (Å²) in [6.07, 6.45) is 13.4. The van der Waals surface area contributed by atoms with E-state index in [1.165, 1.54) is 72.8 Å². The normalized spacial score (nSPS) is 15.1. The zero-order valence-corrected chi connectivity index (χ0v) is 34.4. The van der Waals surface area contributed by atoms with Gasteiger partial charge in [-0.15, -0.1) is 0 Å². The van der Waals surface area contributed by atoms with E-state index < -0.39 is 0 Å². The molecule has 0 atom stereocenters. The molecule has 2 heterocycles. The zero-order valence-electron chi connectivity index (χ0n) is 34.4. The number of anilines is 4. The Bertz CT molecular complexity index is 2500. The first-order chi connectivity index (χ1) is 27.5. The molecule has 6 aromatic carbocycles. The van der Waals surface area contributed by atoms with Gasteiger partial charge in [0.15, 0.2) is 0 Å². The molecular formula is C55H54N2. The molecule has 2 nitrogen and oxygen atoms in total. The number of fused-ring (bicyclic) bond motifs is 3. The molecule has 2 aliphatic rings. The molecule has 57 heavy (non-hydrogen) atoms. The van der Waals surface area contributed by atoms with E-state index in [1.54, 1.807) is 0 Å². The summed E-state index contributed by atoms with van der Waals surface area (Å²) in [5.74, 6) is 0. The minimum absolute atomic E-state index is 0.0543. The minimum atomic E-state index is -0.0854. The van der Waals surface area contributed by atoms with E-state index in [2.05, 4.69) is 228 Å². The summed E-state index contributed by atoms with van der Waals surface area (Å²) < 4.78 is 0. The van der Waals surface area contributed by atoms with Gasteiger partial charge in [-0.2, -0.15) is 0 Å². The molecule has 0 saturated carbocycles. The van der Waals surface area contributed by atoms with Crippen LogP contribution in [0.25, 0.3) is 28.9 Å². The minimum Gasteiger partial charge on any atom is -0.342 e. The molecule has 2 aliphatic heterocycles. The lowest BCUT2D eigenvalue weighted by atomic mass is 9.73. The van der Waals surface area contributed by atoms with Gasteiger partial charge in [0.05, 0.1) is 11.4 Å². The fourth-order valence-corrected chi connectivity index (χ4v) is 8.77. The quantitative estimate of drug-likeness (QED) is 0.113. The smallest absolute Gasteiger partial charge is 0.0502 e. The van der Waals surface area contributed by atoms with Gasteiger partial charge in [0.25, 0.3) is 0 Å². The van der Waals surface area contributed by atoms with Gasteiger partial charge in [0.1, 0.15) is 0 Å². The first-order valence-corrected chi connectivity index (χ1v) is 20.4. The van der Waals surface area contributed by atoms with Crippen molar-refractivity contribution in [3.8, 4) is 11.1 Å². The zero-order chi connectivity index (χ0) is 39.7. The second kappa shape index (κ2) is 15.4. The monoisotopic (exact) mass is 742 g/mol. The van der Waals surface area contributed by atoms with Gasteiger partial charge in [0, 0.05) is 29.0 Å². The number of allylic oxidation sites excluding steroid dienone is 4. The van der Waals surface area contributed by atoms with Gasteiger partial charge in [-0.3, -0.25) is 0 Å². The molecule has 0 unspecified atom stereocenters. The number of hydrogen-bond donors (Lipinski definition) is 0. The molecule has 0 bridgehead atoms. The average Bonchev–Trinajstić information content (AvgIpc) is 3.23. The van der Waals surface area contributed by atoms with Crippen LogP contribution in [0.4, 0.5) is 22.7 Å². The number of rotatable bonds is 8. The van der Waals surface area contributed by atoms with Crippen molar-refractivity contribution in [2.45, 2.75) is 65.2 Å². The van der Waals surface area contributed by atoms with Crippen molar-refractivity contribution in [1.29, 1.82) is 0 Å². The molecule has 0 aromatic heterocycles. The van der Waals surface area contributed by atoms with Gasteiger partial charge >= 0.3 is 0 Å². The molecule has 0 radical (unpaired) electrons. The standard InChI is InChI=1S/C55H54N2/c1-8-45(56-35-17-22-42-19-9-12-26-51(42)56)33-29-39(2)47-34-32-41(37-50(47)54(3,4)5)31-30-40-18-15-20-43(36-40)44-21-16-23-46(38-44)57-52-27-13-10-24-48(52)55(6,7)49-25-11-14-28-53(49)57/h8-16,18-21,23-34,36-38H,2,17,22,35H2,1,3-7H3/b31-30+,33-29-,45-8+. The molecule has 6 aromatic rings. The van der Waals surface area contributed by atoms with Crippen LogP contribution in [0.5, 0.6) is 0 Å². The molecule has 284 valence electrons. The van der Waals surface area contributed by atoms with E-state index in [1.807, 2.05) is 0 Å². The summed E-state index contributed by atoms with van der Waals surface area (Å²) in [6.45, 7) is 19.3. The maximum atomic E-state index is 4.57. The van der Waals surface area contributed by atoms with Crippen LogP contribution in [-0.2, 0) is 17.3 Å². The number of benzene rings is 6. The molecule has 0 spiro atoms. The van der Waals surface area contributed by atoms with Crippen LogP contribution >= 0.6 is 0 Å². The molecular weight excluding hydrogens is 689 g/mol. The Morgan fingerprint density at radius 3 is 1.95 bits per heavy atom. The van der Waals surface area contributed by atoms with E-state index >= 15 is 0 Å². The van der Waals surface area contributed by atoms with Crippen LogP contribution in [0.15, 0.2) is 170 Å². The van der Waals surface area contributed by atoms with E-state index in [4.69, 9.17) is 0 Å². The summed E-state index contributed by atoms with van der Waals surface area (Å²) in [4.78, 5) is 4.87. The number of nitrogens with zero attached hydrogens (tertiary/aromatic N) is 2. The van der Waals surface area contributed by atoms with E-state index in [-0.39, 0.29) is 10.8 Å². The molecule has 0 fully saturated rings. The molecule has 2 heteroatoms. The van der Waals surface area contributed by atoms with Gasteiger partial charge in [-0.25, -0.2) is 0 Å². The Hall–Kier alpha value is -6.12. The lowest BCUT2D eigenvalue weighted by Crippen LogP contribution is -2.30.